The molecular weight excluding hydrogens is 887 g/mol. The lowest BCUT2D eigenvalue weighted by molar-refractivity contribution is -0.479. The molecule has 0 radical (unpaired) electrons. The van der Waals surface area contributed by atoms with Gasteiger partial charge in [0.25, 0.3) is 18.2 Å². The molecule has 1 atom stereocenters. The summed E-state index contributed by atoms with van der Waals surface area (Å²) in [4.78, 5) is 77.7. The summed E-state index contributed by atoms with van der Waals surface area (Å²) in [6, 6.07) is 9.63. The van der Waals surface area contributed by atoms with Crippen LogP contribution in [0.4, 0.5) is 20.2 Å². The summed E-state index contributed by atoms with van der Waals surface area (Å²) in [5.74, 6) is 0.0322. The van der Waals surface area contributed by atoms with Gasteiger partial charge in [0.05, 0.1) is 43.0 Å². The third-order valence-electron chi connectivity index (χ3n) is 15.3. The lowest BCUT2D eigenvalue weighted by atomic mass is 9.82. The van der Waals surface area contributed by atoms with Crippen molar-refractivity contribution in [2.24, 2.45) is 16.9 Å². The van der Waals surface area contributed by atoms with Gasteiger partial charge in [0.2, 0.25) is 29.3 Å². The molecule has 0 spiro atoms. The number of alkyl halides is 2. The zero-order valence-corrected chi connectivity index (χ0v) is 38.8. The topological polar surface area (TPSA) is 155 Å². The molecule has 1 aliphatic carbocycles. The van der Waals surface area contributed by atoms with Crippen LogP contribution in [0.25, 0.3) is 16.8 Å². The Balaban J connectivity index is 0.762. The summed E-state index contributed by atoms with van der Waals surface area (Å²) < 4.78 is 39.9. The fourth-order valence-corrected chi connectivity index (χ4v) is 11.6. The molecule has 7 aliphatic rings. The van der Waals surface area contributed by atoms with Crippen molar-refractivity contribution in [1.29, 1.82) is 0 Å². The number of hydrogen-bond acceptors (Lipinski definition) is 11. The number of methoxy groups -OCH3 is 1. The minimum atomic E-state index is -2.75. The van der Waals surface area contributed by atoms with Crippen LogP contribution < -0.4 is 19.9 Å². The molecule has 16 nitrogen and oxygen atoms in total. The van der Waals surface area contributed by atoms with Crippen LogP contribution in [0.2, 0.25) is 0 Å². The van der Waals surface area contributed by atoms with Gasteiger partial charge in [-0.05, 0) is 98.4 Å². The first-order valence-electron chi connectivity index (χ1n) is 24.2. The molecule has 8 heterocycles. The Morgan fingerprint density at radius 1 is 0.899 bits per heavy atom. The number of benzene rings is 2. The molecule has 2 aromatic heterocycles. The van der Waals surface area contributed by atoms with E-state index in [4.69, 9.17) is 9.84 Å². The Bertz CT molecular complexity index is 2910. The Kier molecular flexibility index (Phi) is 11.6. The van der Waals surface area contributed by atoms with E-state index in [1.807, 2.05) is 21.7 Å². The number of carbonyl (C=O) groups excluding carboxylic acids is 5. The highest BCUT2D eigenvalue weighted by Gasteiger charge is 2.46. The number of ether oxygens (including phenoxy) is 1. The van der Waals surface area contributed by atoms with Crippen molar-refractivity contribution in [3.63, 3.8) is 0 Å². The van der Waals surface area contributed by atoms with Crippen LogP contribution in [-0.4, -0.2) is 136 Å². The number of amidine groups is 1. The lowest BCUT2D eigenvalue weighted by Crippen LogP contribution is -2.54. The number of aromatic nitrogens is 2. The number of pyridine rings is 1. The van der Waals surface area contributed by atoms with Crippen molar-refractivity contribution in [2.45, 2.75) is 77.2 Å². The van der Waals surface area contributed by atoms with Gasteiger partial charge in [-0.2, -0.15) is 0 Å². The van der Waals surface area contributed by atoms with E-state index in [1.165, 1.54) is 0 Å². The first kappa shape index (κ1) is 44.7. The second-order valence-corrected chi connectivity index (χ2v) is 19.4. The predicted molar refractivity (Wildman–Crippen MR) is 253 cm³/mol. The van der Waals surface area contributed by atoms with Gasteiger partial charge < -0.3 is 23.8 Å². The number of nitrogens with zero attached hydrogens (tertiary/aromatic N) is 9. The third kappa shape index (κ3) is 8.15. The number of aryl methyl sites for hydroxylation is 1. The molecule has 5 amide bonds. The number of halogens is 2. The smallest absolute Gasteiger partial charge is 0.264 e. The first-order valence-corrected chi connectivity index (χ1v) is 24.2. The van der Waals surface area contributed by atoms with Crippen molar-refractivity contribution in [2.75, 3.05) is 69.3 Å². The van der Waals surface area contributed by atoms with E-state index in [2.05, 4.69) is 31.2 Å². The number of piperazine rings is 1. The molecule has 3 fully saturated rings. The van der Waals surface area contributed by atoms with Crippen molar-refractivity contribution in [3.05, 3.63) is 88.5 Å². The van der Waals surface area contributed by atoms with Crippen LogP contribution in [-0.2, 0) is 20.8 Å². The molecular formula is C51H55F2N10O6+. The number of amides is 5. The van der Waals surface area contributed by atoms with E-state index in [1.54, 1.807) is 61.3 Å². The van der Waals surface area contributed by atoms with Gasteiger partial charge in [-0.25, -0.2) is 13.8 Å². The average molecular weight is 942 g/mol. The Hall–Kier alpha value is -6.82. The van der Waals surface area contributed by atoms with Crippen LogP contribution in [0.1, 0.15) is 96.6 Å². The highest BCUT2D eigenvalue weighted by molar-refractivity contribution is 6.23. The van der Waals surface area contributed by atoms with Crippen molar-refractivity contribution in [3.8, 4) is 16.9 Å². The standard InChI is InChI=1S/C51H54F2N10O6/c1-30(64)59-16-13-41-40(28-59)48(61-15-3-4-33-22-36(38(47(52)53)24-43(33)61)37-25-45-54-14-17-60(45)29-44(37)69-2)56-62(41)27-32-7-5-31(6-8-32)26-57-18-20-58(21-19-57)34-9-10-35-39(23-34)51(68)63(50(35)67)42-11-12-46(65)55-49(42)66/h9-10,14,17,22-25,27,29,31-32,42,47H,3-8,11-13,15-16,18-21,26,28H2,1-2H3/p+1/b62-27-. The second-order valence-electron chi connectivity index (χ2n) is 19.4. The summed E-state index contributed by atoms with van der Waals surface area (Å²) in [6.07, 6.45) is 11.3. The average Bonchev–Trinajstić information content (AvgIpc) is 4.04. The maximum atomic E-state index is 15.2. The SMILES string of the molecule is COc1cn2ccnc2cc1-c1cc2c(cc1C(F)F)N(C1=N/[N+](=C\C3CCC(CN4CCN(c5ccc6c(c5)C(=O)N(C5CCC(=O)NC5=O)C6=O)CC4)CC3)C3=C1CN(C(C)=O)CC3)CCC2. The highest BCUT2D eigenvalue weighted by Crippen LogP contribution is 2.44. The van der Waals surface area contributed by atoms with Gasteiger partial charge in [0.1, 0.15) is 17.4 Å². The van der Waals surface area contributed by atoms with Crippen LogP contribution in [0.5, 0.6) is 5.75 Å². The number of carbonyl (C=O) groups is 5. The highest BCUT2D eigenvalue weighted by atomic mass is 19.3. The number of fused-ring (bicyclic) bond motifs is 3. The first-order chi connectivity index (χ1) is 33.4. The zero-order chi connectivity index (χ0) is 47.7. The summed E-state index contributed by atoms with van der Waals surface area (Å²) in [6.45, 7) is 7.49. The maximum Gasteiger partial charge on any atom is 0.264 e. The Morgan fingerprint density at radius 2 is 1.70 bits per heavy atom. The summed E-state index contributed by atoms with van der Waals surface area (Å²) in [5.41, 5.74) is 6.68. The molecule has 1 unspecified atom stereocenters. The number of anilines is 2. The van der Waals surface area contributed by atoms with Crippen LogP contribution in [0.15, 0.2) is 71.4 Å². The molecule has 1 saturated carbocycles. The predicted octanol–water partition coefficient (Wildman–Crippen LogP) is 5.65. The van der Waals surface area contributed by atoms with Gasteiger partial charge in [-0.1, -0.05) is 4.68 Å². The minimum absolute atomic E-state index is 0.00683. The molecule has 1 N–H and O–H groups in total. The number of piperidine rings is 1. The maximum absolute atomic E-state index is 15.2. The van der Waals surface area contributed by atoms with Gasteiger partial charge in [0, 0.05) is 105 Å². The summed E-state index contributed by atoms with van der Waals surface area (Å²) in [7, 11) is 1.54. The number of imide groups is 2. The van der Waals surface area contributed by atoms with E-state index >= 15 is 8.78 Å². The van der Waals surface area contributed by atoms with Crippen LogP contribution in [0.3, 0.4) is 0 Å². The van der Waals surface area contributed by atoms with Crippen molar-refractivity contribution >= 4 is 58.6 Å². The molecule has 11 rings (SSSR count). The van der Waals surface area contributed by atoms with Gasteiger partial charge >= 0.3 is 0 Å². The van der Waals surface area contributed by atoms with Crippen molar-refractivity contribution in [1.82, 2.24) is 29.4 Å². The molecule has 0 bridgehead atoms. The molecule has 358 valence electrons. The second kappa shape index (κ2) is 17.9. The summed E-state index contributed by atoms with van der Waals surface area (Å²) >= 11 is 0. The summed E-state index contributed by atoms with van der Waals surface area (Å²) in [5, 5.41) is 7.52. The number of imidazole rings is 1. The monoisotopic (exact) mass is 941 g/mol. The van der Waals surface area contributed by atoms with Crippen LogP contribution >= 0.6 is 0 Å². The molecule has 6 aliphatic heterocycles. The molecule has 69 heavy (non-hydrogen) atoms. The van der Waals surface area contributed by atoms with Gasteiger partial charge in [0.15, 0.2) is 6.21 Å². The zero-order valence-electron chi connectivity index (χ0n) is 38.8. The fourth-order valence-electron chi connectivity index (χ4n) is 11.6. The number of hydrogen-bond donors (Lipinski definition) is 1. The van der Waals surface area contributed by atoms with E-state index in [-0.39, 0.29) is 29.9 Å². The molecule has 4 aromatic rings. The minimum Gasteiger partial charge on any atom is -0.495 e. The van der Waals surface area contributed by atoms with Crippen LogP contribution in [0, 0.1) is 11.8 Å². The molecule has 18 heteroatoms. The molecule has 2 aromatic carbocycles. The lowest BCUT2D eigenvalue weighted by Gasteiger charge is -2.38. The number of hydrazone groups is 1. The molecule has 2 saturated heterocycles. The van der Waals surface area contributed by atoms with Gasteiger partial charge in [-0.3, -0.25) is 39.1 Å². The Labute approximate surface area is 397 Å². The largest absolute Gasteiger partial charge is 0.495 e. The van der Waals surface area contributed by atoms with Gasteiger partial charge in [-0.15, -0.1) is 0 Å². The van der Waals surface area contributed by atoms with E-state index < -0.39 is 36.1 Å². The fraction of sp³-hybridized carbons (Fsp3) is 0.451. The Morgan fingerprint density at radius 3 is 2.45 bits per heavy atom. The quantitative estimate of drug-likeness (QED) is 0.173. The third-order valence-corrected chi connectivity index (χ3v) is 15.3. The number of rotatable bonds is 8. The van der Waals surface area contributed by atoms with E-state index in [0.29, 0.717) is 71.7 Å². The van der Waals surface area contributed by atoms with E-state index in [9.17, 15) is 24.0 Å². The normalized spacial score (nSPS) is 23.8. The number of nitrogens with one attached hydrogen (secondary N) is 1. The van der Waals surface area contributed by atoms with Crippen molar-refractivity contribution < 1.29 is 42.2 Å². The van der Waals surface area contributed by atoms with E-state index in [0.717, 1.165) is 105 Å².